The molecular weight excluding hydrogens is 370 g/mol. The molecule has 0 amide bonds. The molecule has 2 nitrogen and oxygen atoms in total. The van der Waals surface area contributed by atoms with Crippen molar-refractivity contribution in [3.63, 3.8) is 0 Å². The van der Waals surface area contributed by atoms with Crippen molar-refractivity contribution in [2.24, 2.45) is 0 Å². The molecule has 0 N–H and O–H groups in total. The van der Waals surface area contributed by atoms with Crippen LogP contribution in [0.25, 0.3) is 0 Å². The van der Waals surface area contributed by atoms with Gasteiger partial charge in [-0.3, -0.25) is 4.79 Å². The van der Waals surface area contributed by atoms with Gasteiger partial charge in [-0.05, 0) is 71.5 Å². The lowest BCUT2D eigenvalue weighted by atomic mass is 10.0. The minimum absolute atomic E-state index is 0.114. The molecule has 0 aliphatic carbocycles. The molecule has 4 heteroatoms. The number of halogens is 2. The fourth-order valence-corrected chi connectivity index (χ4v) is 2.47. The maximum absolute atomic E-state index is 13.1. The molecule has 0 aliphatic heterocycles. The van der Waals surface area contributed by atoms with Gasteiger partial charge in [-0.15, -0.1) is 0 Å². The van der Waals surface area contributed by atoms with Crippen molar-refractivity contribution in [3.8, 4) is 5.75 Å². The van der Waals surface area contributed by atoms with E-state index in [1.54, 1.807) is 24.3 Å². The van der Waals surface area contributed by atoms with Gasteiger partial charge in [0.2, 0.25) is 0 Å². The average molecular weight is 384 g/mol. The highest BCUT2D eigenvalue weighted by Gasteiger charge is 2.13. The third kappa shape index (κ3) is 3.56. The molecule has 0 aromatic heterocycles. The van der Waals surface area contributed by atoms with E-state index in [9.17, 15) is 9.18 Å². The van der Waals surface area contributed by atoms with Crippen molar-refractivity contribution in [1.82, 2.24) is 0 Å². The fourth-order valence-electron chi connectivity index (χ4n) is 1.75. The number of hydrogen-bond acceptors (Lipinski definition) is 2. The van der Waals surface area contributed by atoms with Gasteiger partial charge in [0.15, 0.2) is 5.78 Å². The summed E-state index contributed by atoms with van der Waals surface area (Å²) in [6, 6.07) is 11.2. The van der Waals surface area contributed by atoms with Crippen molar-refractivity contribution < 1.29 is 13.9 Å². The molecule has 2 rings (SSSR count). The SMILES string of the molecule is CCCOc1ccc(C(=O)c2ccc(F)cc2I)cc1. The van der Waals surface area contributed by atoms with Gasteiger partial charge in [-0.1, -0.05) is 6.92 Å². The molecule has 0 aliphatic rings. The Labute approximate surface area is 131 Å². The van der Waals surface area contributed by atoms with E-state index in [1.165, 1.54) is 18.2 Å². The predicted octanol–water partition coefficient (Wildman–Crippen LogP) is 4.45. The molecule has 0 bridgehead atoms. The molecule has 20 heavy (non-hydrogen) atoms. The van der Waals surface area contributed by atoms with Gasteiger partial charge in [0.25, 0.3) is 0 Å². The second kappa shape index (κ2) is 6.83. The molecule has 0 fully saturated rings. The topological polar surface area (TPSA) is 26.3 Å². The minimum Gasteiger partial charge on any atom is -0.494 e. The predicted molar refractivity (Wildman–Crippen MR) is 84.8 cm³/mol. The maximum Gasteiger partial charge on any atom is 0.194 e. The van der Waals surface area contributed by atoms with E-state index in [0.717, 1.165) is 12.2 Å². The van der Waals surface area contributed by atoms with Crippen LogP contribution in [0.1, 0.15) is 29.3 Å². The highest BCUT2D eigenvalue weighted by Crippen LogP contribution is 2.20. The Balaban J connectivity index is 2.20. The van der Waals surface area contributed by atoms with Gasteiger partial charge >= 0.3 is 0 Å². The van der Waals surface area contributed by atoms with Crippen LogP contribution in [0.15, 0.2) is 42.5 Å². The number of ketones is 1. The highest BCUT2D eigenvalue weighted by molar-refractivity contribution is 14.1. The van der Waals surface area contributed by atoms with E-state index in [4.69, 9.17) is 4.74 Å². The third-order valence-electron chi connectivity index (χ3n) is 2.77. The summed E-state index contributed by atoms with van der Waals surface area (Å²) in [5.41, 5.74) is 1.08. The van der Waals surface area contributed by atoms with Crippen LogP contribution in [0.5, 0.6) is 5.75 Å². The zero-order valence-electron chi connectivity index (χ0n) is 11.0. The summed E-state index contributed by atoms with van der Waals surface area (Å²) in [5, 5.41) is 0. The van der Waals surface area contributed by atoms with E-state index in [0.29, 0.717) is 21.3 Å². The zero-order valence-corrected chi connectivity index (χ0v) is 13.2. The first kappa shape index (κ1) is 15.0. The van der Waals surface area contributed by atoms with Gasteiger partial charge < -0.3 is 4.74 Å². The Hall–Kier alpha value is -1.43. The van der Waals surface area contributed by atoms with Gasteiger partial charge in [0.05, 0.1) is 6.61 Å². The van der Waals surface area contributed by atoms with Gasteiger partial charge in [-0.2, -0.15) is 0 Å². The second-order valence-corrected chi connectivity index (χ2v) is 5.49. The molecule has 104 valence electrons. The quantitative estimate of drug-likeness (QED) is 0.563. The first-order valence-electron chi connectivity index (χ1n) is 6.34. The molecular formula is C16H14FIO2. The first-order valence-corrected chi connectivity index (χ1v) is 7.42. The lowest BCUT2D eigenvalue weighted by Gasteiger charge is -2.07. The molecule has 0 heterocycles. The monoisotopic (exact) mass is 384 g/mol. The normalized spacial score (nSPS) is 10.3. The van der Waals surface area contributed by atoms with E-state index in [-0.39, 0.29) is 11.6 Å². The van der Waals surface area contributed by atoms with Crippen molar-refractivity contribution in [2.45, 2.75) is 13.3 Å². The van der Waals surface area contributed by atoms with Crippen LogP contribution in [0.2, 0.25) is 0 Å². The first-order chi connectivity index (χ1) is 9.61. The van der Waals surface area contributed by atoms with Crippen molar-refractivity contribution in [1.29, 1.82) is 0 Å². The molecule has 0 spiro atoms. The van der Waals surface area contributed by atoms with E-state index >= 15 is 0 Å². The van der Waals surface area contributed by atoms with Crippen LogP contribution >= 0.6 is 22.6 Å². The third-order valence-corrected chi connectivity index (χ3v) is 3.66. The largest absolute Gasteiger partial charge is 0.494 e. The van der Waals surface area contributed by atoms with Gasteiger partial charge in [-0.25, -0.2) is 4.39 Å². The Morgan fingerprint density at radius 1 is 1.20 bits per heavy atom. The van der Waals surface area contributed by atoms with Crippen molar-refractivity contribution in [2.75, 3.05) is 6.61 Å². The number of carbonyl (C=O) groups excluding carboxylic acids is 1. The lowest BCUT2D eigenvalue weighted by Crippen LogP contribution is -2.04. The molecule has 0 radical (unpaired) electrons. The van der Waals surface area contributed by atoms with Crippen molar-refractivity contribution >= 4 is 28.4 Å². The summed E-state index contributed by atoms with van der Waals surface area (Å²) in [7, 11) is 0. The summed E-state index contributed by atoms with van der Waals surface area (Å²) < 4.78 is 19.1. The van der Waals surface area contributed by atoms with Crippen LogP contribution < -0.4 is 4.74 Å². The number of benzene rings is 2. The minimum atomic E-state index is -0.339. The standard InChI is InChI=1S/C16H14FIO2/c1-2-9-20-13-6-3-11(4-7-13)16(19)14-8-5-12(17)10-15(14)18/h3-8,10H,2,9H2,1H3. The Morgan fingerprint density at radius 2 is 1.90 bits per heavy atom. The van der Waals surface area contributed by atoms with Crippen LogP contribution in [0.4, 0.5) is 4.39 Å². The second-order valence-electron chi connectivity index (χ2n) is 4.33. The fraction of sp³-hybridized carbons (Fsp3) is 0.188. The molecule has 0 unspecified atom stereocenters. The van der Waals surface area contributed by atoms with E-state index in [1.807, 2.05) is 29.5 Å². The summed E-state index contributed by atoms with van der Waals surface area (Å²) in [5.74, 6) is 0.294. The average Bonchev–Trinajstić information content (AvgIpc) is 2.45. The van der Waals surface area contributed by atoms with Crippen LogP contribution in [-0.4, -0.2) is 12.4 Å². The Bertz CT molecular complexity index is 608. The number of ether oxygens (including phenoxy) is 1. The van der Waals surface area contributed by atoms with E-state index in [2.05, 4.69) is 0 Å². The molecule has 0 saturated carbocycles. The summed E-state index contributed by atoms with van der Waals surface area (Å²) in [6.07, 6.45) is 0.939. The van der Waals surface area contributed by atoms with Gasteiger partial charge in [0.1, 0.15) is 11.6 Å². The lowest BCUT2D eigenvalue weighted by molar-refractivity contribution is 0.103. The van der Waals surface area contributed by atoms with Crippen LogP contribution in [0.3, 0.4) is 0 Å². The maximum atomic E-state index is 13.1. The Morgan fingerprint density at radius 3 is 2.50 bits per heavy atom. The zero-order chi connectivity index (χ0) is 14.5. The van der Waals surface area contributed by atoms with Gasteiger partial charge in [0, 0.05) is 14.7 Å². The molecule has 0 saturated heterocycles. The number of carbonyl (C=O) groups is 1. The summed E-state index contributed by atoms with van der Waals surface area (Å²) in [6.45, 7) is 2.69. The molecule has 2 aromatic rings. The molecule has 2 aromatic carbocycles. The smallest absolute Gasteiger partial charge is 0.194 e. The highest BCUT2D eigenvalue weighted by atomic mass is 127. The van der Waals surface area contributed by atoms with Crippen LogP contribution in [0, 0.1) is 9.39 Å². The number of rotatable bonds is 5. The Kier molecular flexibility index (Phi) is 5.11. The van der Waals surface area contributed by atoms with Crippen LogP contribution in [-0.2, 0) is 0 Å². The molecule has 0 atom stereocenters. The summed E-state index contributed by atoms with van der Waals surface area (Å²) in [4.78, 5) is 12.3. The number of hydrogen-bond donors (Lipinski definition) is 0. The summed E-state index contributed by atoms with van der Waals surface area (Å²) >= 11 is 1.97. The van der Waals surface area contributed by atoms with E-state index < -0.39 is 0 Å². The van der Waals surface area contributed by atoms with Crippen molar-refractivity contribution in [3.05, 3.63) is 63.0 Å².